The Bertz CT molecular complexity index is 655. The number of aryl methyl sites for hydroxylation is 2. The monoisotopic (exact) mass is 303 g/mol. The number of hydrogen-bond donors (Lipinski definition) is 1. The number of benzene rings is 2. The minimum atomic E-state index is -1.19. The van der Waals surface area contributed by atoms with Crippen molar-refractivity contribution in [2.45, 2.75) is 24.8 Å². The van der Waals surface area contributed by atoms with Crippen molar-refractivity contribution in [3.63, 3.8) is 0 Å². The number of ether oxygens (including phenoxy) is 1. The zero-order valence-corrected chi connectivity index (χ0v) is 13.4. The predicted molar refractivity (Wildman–Crippen MR) is 87.1 cm³/mol. The lowest BCUT2D eigenvalue weighted by molar-refractivity contribution is 0.404. The Labute approximate surface area is 128 Å². The van der Waals surface area contributed by atoms with Crippen molar-refractivity contribution in [2.24, 2.45) is 5.73 Å². The van der Waals surface area contributed by atoms with E-state index in [0.29, 0.717) is 16.4 Å². The minimum absolute atomic E-state index is 0.255. The van der Waals surface area contributed by atoms with Crippen molar-refractivity contribution in [1.82, 2.24) is 0 Å². The molecule has 0 fully saturated rings. The van der Waals surface area contributed by atoms with E-state index in [1.54, 1.807) is 7.11 Å². The third kappa shape index (κ3) is 3.71. The van der Waals surface area contributed by atoms with Crippen LogP contribution < -0.4 is 10.5 Å². The molecule has 2 N–H and O–H groups in total. The summed E-state index contributed by atoms with van der Waals surface area (Å²) in [7, 11) is 0.395. The van der Waals surface area contributed by atoms with Gasteiger partial charge in [0.2, 0.25) is 0 Å². The standard InChI is InChI=1S/C17H21NO2S/c1-12-8-9-14(10-13(12)2)15(18)11-21(19)17-7-5-4-6-16(17)20-3/h4-10,15H,11,18H2,1-3H3. The van der Waals surface area contributed by atoms with Gasteiger partial charge in [-0.25, -0.2) is 0 Å². The molecule has 0 radical (unpaired) electrons. The van der Waals surface area contributed by atoms with Crippen LogP contribution in [0.1, 0.15) is 22.7 Å². The molecule has 2 aromatic carbocycles. The van der Waals surface area contributed by atoms with Crippen LogP contribution in [0.5, 0.6) is 5.75 Å². The molecule has 0 aromatic heterocycles. The Kier molecular flexibility index (Phi) is 5.15. The number of para-hydroxylation sites is 1. The first-order valence-corrected chi connectivity index (χ1v) is 8.19. The van der Waals surface area contributed by atoms with Crippen LogP contribution in [0.3, 0.4) is 0 Å². The molecule has 0 amide bonds. The van der Waals surface area contributed by atoms with Crippen LogP contribution in [-0.2, 0) is 10.8 Å². The van der Waals surface area contributed by atoms with Gasteiger partial charge in [-0.2, -0.15) is 0 Å². The van der Waals surface area contributed by atoms with Gasteiger partial charge in [-0.3, -0.25) is 4.21 Å². The van der Waals surface area contributed by atoms with E-state index in [4.69, 9.17) is 10.5 Å². The van der Waals surface area contributed by atoms with Gasteiger partial charge < -0.3 is 10.5 Å². The summed E-state index contributed by atoms with van der Waals surface area (Å²) in [5.74, 6) is 1.02. The first kappa shape index (κ1) is 15.7. The van der Waals surface area contributed by atoms with Crippen molar-refractivity contribution in [3.05, 3.63) is 59.2 Å². The minimum Gasteiger partial charge on any atom is -0.495 e. The highest BCUT2D eigenvalue weighted by atomic mass is 32.2. The summed E-state index contributed by atoms with van der Waals surface area (Å²) in [6.45, 7) is 4.13. The average molecular weight is 303 g/mol. The summed E-state index contributed by atoms with van der Waals surface area (Å²) in [5, 5.41) is 0. The molecule has 21 heavy (non-hydrogen) atoms. The first-order valence-electron chi connectivity index (χ1n) is 6.87. The van der Waals surface area contributed by atoms with E-state index in [2.05, 4.69) is 26.0 Å². The molecule has 2 rings (SSSR count). The van der Waals surface area contributed by atoms with E-state index in [1.807, 2.05) is 30.3 Å². The second-order valence-corrected chi connectivity index (χ2v) is 6.58. The highest BCUT2D eigenvalue weighted by Gasteiger charge is 2.15. The Balaban J connectivity index is 2.16. The molecule has 0 spiro atoms. The van der Waals surface area contributed by atoms with Crippen molar-refractivity contribution >= 4 is 10.8 Å². The molecular weight excluding hydrogens is 282 g/mol. The molecule has 4 heteroatoms. The van der Waals surface area contributed by atoms with Crippen LogP contribution in [-0.4, -0.2) is 17.1 Å². The van der Waals surface area contributed by atoms with Crippen LogP contribution in [0.15, 0.2) is 47.4 Å². The van der Waals surface area contributed by atoms with Crippen molar-refractivity contribution in [1.29, 1.82) is 0 Å². The molecule has 2 unspecified atom stereocenters. The van der Waals surface area contributed by atoms with E-state index in [-0.39, 0.29) is 6.04 Å². The summed E-state index contributed by atoms with van der Waals surface area (Å²) >= 11 is 0. The number of hydrogen-bond acceptors (Lipinski definition) is 3. The molecule has 3 nitrogen and oxygen atoms in total. The van der Waals surface area contributed by atoms with Crippen molar-refractivity contribution < 1.29 is 8.95 Å². The highest BCUT2D eigenvalue weighted by Crippen LogP contribution is 2.24. The van der Waals surface area contributed by atoms with Crippen molar-refractivity contribution in [2.75, 3.05) is 12.9 Å². The Morgan fingerprint density at radius 2 is 1.86 bits per heavy atom. The molecule has 0 saturated carbocycles. The van der Waals surface area contributed by atoms with Gasteiger partial charge in [0.25, 0.3) is 0 Å². The van der Waals surface area contributed by atoms with Gasteiger partial charge in [0.1, 0.15) is 5.75 Å². The lowest BCUT2D eigenvalue weighted by atomic mass is 10.0. The molecule has 0 heterocycles. The SMILES string of the molecule is COc1ccccc1S(=O)CC(N)c1ccc(C)c(C)c1. The second-order valence-electron chi connectivity index (χ2n) is 5.11. The quantitative estimate of drug-likeness (QED) is 0.923. The van der Waals surface area contributed by atoms with Gasteiger partial charge in [0.05, 0.1) is 22.8 Å². The summed E-state index contributed by atoms with van der Waals surface area (Å²) < 4.78 is 17.8. The number of methoxy groups -OCH3 is 1. The van der Waals surface area contributed by atoms with Gasteiger partial charge >= 0.3 is 0 Å². The largest absolute Gasteiger partial charge is 0.495 e. The first-order chi connectivity index (χ1) is 10.0. The van der Waals surface area contributed by atoms with E-state index < -0.39 is 10.8 Å². The predicted octanol–water partition coefficient (Wildman–Crippen LogP) is 3.12. The Morgan fingerprint density at radius 3 is 2.52 bits per heavy atom. The summed E-state index contributed by atoms with van der Waals surface area (Å²) in [6, 6.07) is 13.2. The van der Waals surface area contributed by atoms with Gasteiger partial charge in [-0.1, -0.05) is 30.3 Å². The van der Waals surface area contributed by atoms with Gasteiger partial charge in [-0.15, -0.1) is 0 Å². The maximum absolute atomic E-state index is 12.5. The normalized spacial score (nSPS) is 13.7. The van der Waals surface area contributed by atoms with Gasteiger partial charge in [0.15, 0.2) is 0 Å². The molecule has 2 aromatic rings. The van der Waals surface area contributed by atoms with Gasteiger partial charge in [-0.05, 0) is 42.7 Å². The smallest absolute Gasteiger partial charge is 0.134 e. The summed E-state index contributed by atoms with van der Waals surface area (Å²) in [5.41, 5.74) is 9.66. The highest BCUT2D eigenvalue weighted by molar-refractivity contribution is 7.85. The third-order valence-corrected chi connectivity index (χ3v) is 5.09. The molecule has 0 aliphatic rings. The van der Waals surface area contributed by atoms with Crippen molar-refractivity contribution in [3.8, 4) is 5.75 Å². The number of rotatable bonds is 5. The lowest BCUT2D eigenvalue weighted by Crippen LogP contribution is -2.19. The van der Waals surface area contributed by atoms with Crippen LogP contribution in [0, 0.1) is 13.8 Å². The lowest BCUT2D eigenvalue weighted by Gasteiger charge is -2.14. The van der Waals surface area contributed by atoms with E-state index in [0.717, 1.165) is 5.56 Å². The summed E-state index contributed by atoms with van der Waals surface area (Å²) in [4.78, 5) is 0.694. The van der Waals surface area contributed by atoms with E-state index in [9.17, 15) is 4.21 Å². The third-order valence-electron chi connectivity index (χ3n) is 3.60. The Hall–Kier alpha value is -1.65. The summed E-state index contributed by atoms with van der Waals surface area (Å²) in [6.07, 6.45) is 0. The zero-order chi connectivity index (χ0) is 15.4. The fraction of sp³-hybridized carbons (Fsp3) is 0.294. The molecule has 0 aliphatic heterocycles. The molecule has 112 valence electrons. The van der Waals surface area contributed by atoms with Crippen LogP contribution in [0.4, 0.5) is 0 Å². The second kappa shape index (κ2) is 6.87. The maximum atomic E-state index is 12.5. The fourth-order valence-electron chi connectivity index (χ4n) is 2.15. The molecule has 2 atom stereocenters. The molecule has 0 bridgehead atoms. The Morgan fingerprint density at radius 1 is 1.14 bits per heavy atom. The number of nitrogens with two attached hydrogens (primary N) is 1. The molecule has 0 aliphatic carbocycles. The van der Waals surface area contributed by atoms with Crippen LogP contribution >= 0.6 is 0 Å². The zero-order valence-electron chi connectivity index (χ0n) is 12.6. The van der Waals surface area contributed by atoms with Crippen LogP contribution in [0.25, 0.3) is 0 Å². The van der Waals surface area contributed by atoms with Crippen LogP contribution in [0.2, 0.25) is 0 Å². The fourth-order valence-corrected chi connectivity index (χ4v) is 3.46. The molecule has 0 saturated heterocycles. The molecular formula is C17H21NO2S. The van der Waals surface area contributed by atoms with Gasteiger partial charge in [0, 0.05) is 11.8 Å². The topological polar surface area (TPSA) is 52.3 Å². The average Bonchev–Trinajstić information content (AvgIpc) is 2.49. The maximum Gasteiger partial charge on any atom is 0.134 e. The van der Waals surface area contributed by atoms with E-state index in [1.165, 1.54) is 11.1 Å². The van der Waals surface area contributed by atoms with E-state index >= 15 is 0 Å².